The highest BCUT2D eigenvalue weighted by molar-refractivity contribution is 5.90. The molecule has 1 aliphatic rings. The van der Waals surface area contributed by atoms with Crippen LogP contribution in [0.25, 0.3) is 16.8 Å². The van der Waals surface area contributed by atoms with E-state index in [1.54, 1.807) is 7.05 Å². The molecule has 1 aliphatic heterocycles. The molecule has 3 rings (SSSR count). The molecule has 1 amide bonds. The molecule has 1 heterocycles. The molecule has 0 saturated carbocycles. The summed E-state index contributed by atoms with van der Waals surface area (Å²) in [6.45, 7) is 3.93. The van der Waals surface area contributed by atoms with Gasteiger partial charge in [-0.05, 0) is 68.0 Å². The Bertz CT molecular complexity index is 1140. The van der Waals surface area contributed by atoms with Crippen LogP contribution >= 0.6 is 0 Å². The lowest BCUT2D eigenvalue weighted by Gasteiger charge is -2.23. The number of rotatable bonds is 7. The lowest BCUT2D eigenvalue weighted by molar-refractivity contribution is -0.137. The van der Waals surface area contributed by atoms with Gasteiger partial charge in [-0.3, -0.25) is 4.79 Å². The van der Waals surface area contributed by atoms with Gasteiger partial charge in [-0.2, -0.15) is 18.3 Å². The third kappa shape index (κ3) is 6.94. The fourth-order valence-corrected chi connectivity index (χ4v) is 3.77. The Hall–Kier alpha value is -3.61. The third-order valence-corrected chi connectivity index (χ3v) is 5.75. The zero-order chi connectivity index (χ0) is 25.4. The number of nitrogens with one attached hydrogen (secondary N) is 1. The topological polar surface area (TPSA) is 44.7 Å². The summed E-state index contributed by atoms with van der Waals surface area (Å²) in [5.74, 6) is -0.0169. The Labute approximate surface area is 204 Å². The molecule has 2 aromatic carbocycles. The van der Waals surface area contributed by atoms with Crippen LogP contribution in [0.1, 0.15) is 50.7 Å². The van der Waals surface area contributed by atoms with Crippen molar-refractivity contribution in [3.05, 3.63) is 89.7 Å². The molecule has 4 nitrogen and oxygen atoms in total. The summed E-state index contributed by atoms with van der Waals surface area (Å²) in [6, 6.07) is 12.9. The smallest absolute Gasteiger partial charge is 0.359 e. The highest BCUT2D eigenvalue weighted by Crippen LogP contribution is 2.33. The maximum atomic E-state index is 12.9. The number of carbonyl (C=O) groups is 1. The number of alkyl halides is 3. The fraction of sp³-hybridized carbons (Fsp3) is 0.286. The minimum absolute atomic E-state index is 0.0169. The largest absolute Gasteiger partial charge is 0.416 e. The predicted octanol–water partition coefficient (Wildman–Crippen LogP) is 7.17. The molecule has 0 atom stereocenters. The third-order valence-electron chi connectivity index (χ3n) is 5.75. The summed E-state index contributed by atoms with van der Waals surface area (Å²) >= 11 is 0. The number of hydrazone groups is 1. The van der Waals surface area contributed by atoms with Gasteiger partial charge in [-0.15, -0.1) is 0 Å². The van der Waals surface area contributed by atoms with Gasteiger partial charge in [-0.1, -0.05) is 54.6 Å². The Morgan fingerprint density at radius 2 is 1.66 bits per heavy atom. The summed E-state index contributed by atoms with van der Waals surface area (Å²) in [7, 11) is 1.63. The fourth-order valence-electron chi connectivity index (χ4n) is 3.77. The first-order valence-electron chi connectivity index (χ1n) is 11.6. The minimum Gasteiger partial charge on any atom is -0.359 e. The van der Waals surface area contributed by atoms with Gasteiger partial charge in [0, 0.05) is 24.9 Å². The van der Waals surface area contributed by atoms with Crippen molar-refractivity contribution in [1.82, 2.24) is 10.3 Å². The first kappa shape index (κ1) is 26.0. The van der Waals surface area contributed by atoms with Crippen molar-refractivity contribution in [2.24, 2.45) is 5.10 Å². The number of carbonyl (C=O) groups excluding carboxylic acids is 1. The molecule has 35 heavy (non-hydrogen) atoms. The summed E-state index contributed by atoms with van der Waals surface area (Å²) in [6.07, 6.45) is 6.18. The van der Waals surface area contributed by atoms with Crippen molar-refractivity contribution in [1.29, 1.82) is 0 Å². The first-order valence-corrected chi connectivity index (χ1v) is 11.6. The summed E-state index contributed by atoms with van der Waals surface area (Å²) in [5, 5.41) is 9.45. The van der Waals surface area contributed by atoms with Crippen molar-refractivity contribution in [2.75, 3.05) is 7.05 Å². The Kier molecular flexibility index (Phi) is 8.68. The normalized spacial score (nSPS) is 15.0. The van der Waals surface area contributed by atoms with Gasteiger partial charge in [0.05, 0.1) is 11.3 Å². The highest BCUT2D eigenvalue weighted by atomic mass is 19.4. The molecule has 1 N–H and O–H groups in total. The summed E-state index contributed by atoms with van der Waals surface area (Å²) in [4.78, 5) is 11.7. The van der Waals surface area contributed by atoms with Crippen molar-refractivity contribution in [3.8, 4) is 11.1 Å². The van der Waals surface area contributed by atoms with Crippen LogP contribution in [0.15, 0.2) is 83.6 Å². The van der Waals surface area contributed by atoms with Crippen molar-refractivity contribution in [3.63, 3.8) is 0 Å². The SMILES string of the molecule is C/C=C\C=C(/C)N1N=C(CCC(=O)NC)CCC=C1c1ccc(-c2ccc(C(F)(F)F)cc2)cc1. The Morgan fingerprint density at radius 1 is 1.06 bits per heavy atom. The molecule has 0 bridgehead atoms. The molecular formula is C28H30F3N3O. The van der Waals surface area contributed by atoms with E-state index < -0.39 is 11.7 Å². The van der Waals surface area contributed by atoms with Gasteiger partial charge in [0.2, 0.25) is 5.91 Å². The molecule has 7 heteroatoms. The second-order valence-corrected chi connectivity index (χ2v) is 8.27. The molecule has 0 unspecified atom stereocenters. The number of halogens is 3. The van der Waals surface area contributed by atoms with E-state index in [1.165, 1.54) is 12.1 Å². The first-order chi connectivity index (χ1) is 16.7. The van der Waals surface area contributed by atoms with Crippen LogP contribution in [-0.2, 0) is 11.0 Å². The van der Waals surface area contributed by atoms with Crippen LogP contribution in [0.5, 0.6) is 0 Å². The zero-order valence-corrected chi connectivity index (χ0v) is 20.2. The number of amides is 1. The molecule has 2 aromatic rings. The quantitative estimate of drug-likeness (QED) is 0.426. The number of hydrogen-bond acceptors (Lipinski definition) is 3. The maximum Gasteiger partial charge on any atom is 0.416 e. The van der Waals surface area contributed by atoms with Gasteiger partial charge in [0.15, 0.2) is 0 Å². The lowest BCUT2D eigenvalue weighted by atomic mass is 10.0. The predicted molar refractivity (Wildman–Crippen MR) is 135 cm³/mol. The van der Waals surface area contributed by atoms with Crippen molar-refractivity contribution < 1.29 is 18.0 Å². The average Bonchev–Trinajstić information content (AvgIpc) is 3.08. The van der Waals surface area contributed by atoms with E-state index in [0.29, 0.717) is 12.8 Å². The van der Waals surface area contributed by atoms with Crippen LogP contribution in [0.4, 0.5) is 13.2 Å². The number of benzene rings is 2. The molecule has 0 spiro atoms. The van der Waals surface area contributed by atoms with Gasteiger partial charge < -0.3 is 5.32 Å². The second kappa shape index (κ2) is 11.7. The van der Waals surface area contributed by atoms with E-state index >= 15 is 0 Å². The molecule has 0 aliphatic carbocycles. The number of nitrogens with zero attached hydrogens (tertiary/aromatic N) is 2. The van der Waals surface area contributed by atoms with E-state index in [-0.39, 0.29) is 5.91 Å². The van der Waals surface area contributed by atoms with Crippen LogP contribution in [0.3, 0.4) is 0 Å². The van der Waals surface area contributed by atoms with E-state index in [2.05, 4.69) is 11.4 Å². The van der Waals surface area contributed by atoms with Crippen LogP contribution in [0, 0.1) is 0 Å². The average molecular weight is 482 g/mol. The van der Waals surface area contributed by atoms with E-state index in [0.717, 1.165) is 58.8 Å². The lowest BCUT2D eigenvalue weighted by Crippen LogP contribution is -2.20. The van der Waals surface area contributed by atoms with Gasteiger partial charge >= 0.3 is 6.18 Å². The molecule has 184 valence electrons. The molecule has 0 radical (unpaired) electrons. The van der Waals surface area contributed by atoms with Crippen molar-refractivity contribution in [2.45, 2.75) is 45.7 Å². The number of allylic oxidation sites excluding steroid dienone is 5. The molecule has 0 fully saturated rings. The van der Waals surface area contributed by atoms with Gasteiger partial charge in [0.1, 0.15) is 0 Å². The Morgan fingerprint density at radius 3 is 2.23 bits per heavy atom. The number of hydrogen-bond donors (Lipinski definition) is 1. The van der Waals surface area contributed by atoms with E-state index in [1.807, 2.05) is 61.3 Å². The van der Waals surface area contributed by atoms with Crippen LogP contribution in [0.2, 0.25) is 0 Å². The minimum atomic E-state index is -4.35. The monoisotopic (exact) mass is 481 g/mol. The summed E-state index contributed by atoms with van der Waals surface area (Å²) in [5.41, 5.74) is 4.65. The molecule has 0 saturated heterocycles. The maximum absolute atomic E-state index is 12.9. The van der Waals surface area contributed by atoms with Gasteiger partial charge in [0.25, 0.3) is 0 Å². The van der Waals surface area contributed by atoms with Crippen LogP contribution < -0.4 is 5.32 Å². The molecule has 0 aromatic heterocycles. The molecular weight excluding hydrogens is 451 g/mol. The zero-order valence-electron chi connectivity index (χ0n) is 20.2. The van der Waals surface area contributed by atoms with E-state index in [9.17, 15) is 18.0 Å². The van der Waals surface area contributed by atoms with E-state index in [4.69, 9.17) is 5.10 Å². The van der Waals surface area contributed by atoms with Crippen molar-refractivity contribution >= 4 is 17.3 Å². The summed E-state index contributed by atoms with van der Waals surface area (Å²) < 4.78 is 38.6. The standard InChI is InChI=1S/C28H30F3N3O/c1-4-5-7-20(2)34-26(9-6-8-25(33-34)18-19-27(35)32-3)23-12-10-21(11-13-23)22-14-16-24(17-15-22)28(29,30)31/h4-5,7,9-17H,6,8,18-19H2,1-3H3,(H,32,35)/b5-4-,20-7+. The van der Waals surface area contributed by atoms with Crippen LogP contribution in [-0.4, -0.2) is 23.7 Å². The Balaban J connectivity index is 1.89. The van der Waals surface area contributed by atoms with Gasteiger partial charge in [-0.25, -0.2) is 5.01 Å². The second-order valence-electron chi connectivity index (χ2n) is 8.27. The highest BCUT2D eigenvalue weighted by Gasteiger charge is 2.30.